The van der Waals surface area contributed by atoms with Crippen molar-refractivity contribution in [1.82, 2.24) is 10.2 Å². The first kappa shape index (κ1) is 27.6. The molecule has 2 aromatic carbocycles. The highest BCUT2D eigenvalue weighted by Gasteiger charge is 2.29. The number of nitrogens with one attached hydrogen (secondary N) is 1. The number of carbonyl (C=O) groups is 2. The Labute approximate surface area is 217 Å². The molecule has 0 bridgehead atoms. The van der Waals surface area contributed by atoms with E-state index in [0.717, 1.165) is 11.8 Å². The molecule has 0 fully saturated rings. The topological polar surface area (TPSA) is 105 Å². The van der Waals surface area contributed by atoms with Crippen LogP contribution in [0.5, 0.6) is 11.5 Å². The van der Waals surface area contributed by atoms with Gasteiger partial charge in [0.1, 0.15) is 6.04 Å². The molecule has 0 radical (unpaired) electrons. The number of hydrogen-bond acceptors (Lipinski definition) is 6. The summed E-state index contributed by atoms with van der Waals surface area (Å²) in [4.78, 5) is 27.6. The normalized spacial score (nSPS) is 13.2. The van der Waals surface area contributed by atoms with E-state index in [1.165, 1.54) is 4.31 Å². The van der Waals surface area contributed by atoms with Gasteiger partial charge < -0.3 is 19.7 Å². The zero-order valence-corrected chi connectivity index (χ0v) is 22.3. The maximum atomic E-state index is 13.4. The SMILES string of the molecule is CCNC(=O)[C@@H](CC)N(Cc1ccc(Cl)cc1)C(=O)CCCN(c1ccc2c(c1)OCO2)S(C)(=O)=O. The van der Waals surface area contributed by atoms with Crippen LogP contribution in [-0.4, -0.2) is 57.3 Å². The van der Waals surface area contributed by atoms with Gasteiger partial charge in [-0.15, -0.1) is 0 Å². The Morgan fingerprint density at radius 3 is 2.42 bits per heavy atom. The van der Waals surface area contributed by atoms with Gasteiger partial charge in [-0.3, -0.25) is 13.9 Å². The predicted molar refractivity (Wildman–Crippen MR) is 139 cm³/mol. The van der Waals surface area contributed by atoms with Crippen molar-refractivity contribution in [2.24, 2.45) is 0 Å². The Hall–Kier alpha value is -2.98. The summed E-state index contributed by atoms with van der Waals surface area (Å²) in [6, 6.07) is 11.4. The van der Waals surface area contributed by atoms with Crippen LogP contribution in [0.2, 0.25) is 5.02 Å². The van der Waals surface area contributed by atoms with Gasteiger partial charge in [-0.1, -0.05) is 30.7 Å². The van der Waals surface area contributed by atoms with E-state index in [9.17, 15) is 18.0 Å². The second kappa shape index (κ2) is 12.3. The van der Waals surface area contributed by atoms with E-state index in [1.54, 1.807) is 35.2 Å². The first-order valence-electron chi connectivity index (χ1n) is 11.8. The van der Waals surface area contributed by atoms with Gasteiger partial charge in [-0.05, 0) is 49.6 Å². The highest BCUT2D eigenvalue weighted by atomic mass is 35.5. The third kappa shape index (κ3) is 7.04. The van der Waals surface area contributed by atoms with E-state index < -0.39 is 16.1 Å². The van der Waals surface area contributed by atoms with Crippen molar-refractivity contribution >= 4 is 39.1 Å². The highest BCUT2D eigenvalue weighted by Crippen LogP contribution is 2.36. The van der Waals surface area contributed by atoms with E-state index in [1.807, 2.05) is 26.0 Å². The monoisotopic (exact) mass is 537 g/mol. The largest absolute Gasteiger partial charge is 0.454 e. The summed E-state index contributed by atoms with van der Waals surface area (Å²) < 4.78 is 37.0. The van der Waals surface area contributed by atoms with Crippen molar-refractivity contribution in [3.63, 3.8) is 0 Å². The van der Waals surface area contributed by atoms with Crippen LogP contribution in [0.1, 0.15) is 38.7 Å². The van der Waals surface area contributed by atoms with Crippen LogP contribution in [0.25, 0.3) is 0 Å². The molecule has 1 aliphatic rings. The molecule has 9 nitrogen and oxygen atoms in total. The standard InChI is InChI=1S/C25H32ClN3O6S/c1-4-21(25(31)27-5-2)28(16-18-8-10-19(26)11-9-18)24(30)7-6-14-29(36(3,32)33)20-12-13-22-23(15-20)35-17-34-22/h8-13,15,21H,4-7,14,16-17H2,1-3H3,(H,27,31)/t21-/m1/s1. The fraction of sp³-hybridized carbons (Fsp3) is 0.440. The molecule has 0 saturated heterocycles. The molecule has 0 unspecified atom stereocenters. The minimum absolute atomic E-state index is 0.0695. The Morgan fingerprint density at radius 1 is 1.08 bits per heavy atom. The van der Waals surface area contributed by atoms with E-state index in [-0.39, 0.29) is 44.5 Å². The van der Waals surface area contributed by atoms with Crippen molar-refractivity contribution in [2.75, 3.05) is 30.4 Å². The third-order valence-electron chi connectivity index (χ3n) is 5.80. The zero-order chi connectivity index (χ0) is 26.3. The Balaban J connectivity index is 1.75. The second-order valence-electron chi connectivity index (χ2n) is 8.44. The number of carbonyl (C=O) groups excluding carboxylic acids is 2. The molecule has 0 aromatic heterocycles. The van der Waals surface area contributed by atoms with Crippen molar-refractivity contribution in [2.45, 2.75) is 45.7 Å². The van der Waals surface area contributed by atoms with Crippen LogP contribution in [0.15, 0.2) is 42.5 Å². The number of nitrogens with zero attached hydrogens (tertiary/aromatic N) is 2. The molecular weight excluding hydrogens is 506 g/mol. The van der Waals surface area contributed by atoms with E-state index in [2.05, 4.69) is 5.32 Å². The number of rotatable bonds is 12. The van der Waals surface area contributed by atoms with Crippen LogP contribution in [0.4, 0.5) is 5.69 Å². The number of amides is 2. The summed E-state index contributed by atoms with van der Waals surface area (Å²) >= 11 is 6.00. The number of ether oxygens (including phenoxy) is 2. The summed E-state index contributed by atoms with van der Waals surface area (Å²) in [6.07, 6.45) is 1.90. The molecule has 11 heteroatoms. The summed E-state index contributed by atoms with van der Waals surface area (Å²) in [6.45, 7) is 4.55. The minimum Gasteiger partial charge on any atom is -0.454 e. The van der Waals surface area contributed by atoms with Crippen LogP contribution in [0, 0.1) is 0 Å². The summed E-state index contributed by atoms with van der Waals surface area (Å²) in [5, 5.41) is 3.38. The molecule has 1 atom stereocenters. The summed E-state index contributed by atoms with van der Waals surface area (Å²) in [5.41, 5.74) is 1.27. The first-order chi connectivity index (χ1) is 17.1. The maximum Gasteiger partial charge on any atom is 0.242 e. The van der Waals surface area contributed by atoms with Crippen LogP contribution in [-0.2, 0) is 26.2 Å². The molecule has 2 amide bonds. The number of hydrogen-bond donors (Lipinski definition) is 1. The molecular formula is C25H32ClN3O6S. The van der Waals surface area contributed by atoms with Gasteiger partial charge in [0.15, 0.2) is 11.5 Å². The number of benzene rings is 2. The molecule has 3 rings (SSSR count). The summed E-state index contributed by atoms with van der Waals surface area (Å²) in [5.74, 6) is 0.568. The van der Waals surface area contributed by atoms with Crippen LogP contribution < -0.4 is 19.1 Å². The Kier molecular flexibility index (Phi) is 9.44. The smallest absolute Gasteiger partial charge is 0.242 e. The van der Waals surface area contributed by atoms with Gasteiger partial charge in [-0.25, -0.2) is 8.42 Å². The molecule has 1 aliphatic heterocycles. The quantitative estimate of drug-likeness (QED) is 0.444. The van der Waals surface area contributed by atoms with E-state index in [0.29, 0.717) is 35.2 Å². The molecule has 196 valence electrons. The number of sulfonamides is 1. The fourth-order valence-electron chi connectivity index (χ4n) is 4.04. The van der Waals surface area contributed by atoms with Crippen LogP contribution in [0.3, 0.4) is 0 Å². The average molecular weight is 538 g/mol. The number of halogens is 1. The molecule has 0 spiro atoms. The molecule has 1 heterocycles. The van der Waals surface area contributed by atoms with E-state index >= 15 is 0 Å². The molecule has 0 aliphatic carbocycles. The average Bonchev–Trinajstić information content (AvgIpc) is 3.30. The fourth-order valence-corrected chi connectivity index (χ4v) is 5.13. The van der Waals surface area contributed by atoms with Gasteiger partial charge in [0.25, 0.3) is 0 Å². The molecule has 2 aromatic rings. The third-order valence-corrected chi connectivity index (χ3v) is 7.25. The van der Waals surface area contributed by atoms with Gasteiger partial charge in [-0.2, -0.15) is 0 Å². The van der Waals surface area contributed by atoms with Gasteiger partial charge in [0, 0.05) is 37.1 Å². The Morgan fingerprint density at radius 2 is 1.78 bits per heavy atom. The highest BCUT2D eigenvalue weighted by molar-refractivity contribution is 7.92. The lowest BCUT2D eigenvalue weighted by Crippen LogP contribution is -2.49. The maximum absolute atomic E-state index is 13.4. The Bertz CT molecular complexity index is 1170. The second-order valence-corrected chi connectivity index (χ2v) is 10.8. The predicted octanol–water partition coefficient (Wildman–Crippen LogP) is 3.56. The minimum atomic E-state index is -3.61. The van der Waals surface area contributed by atoms with Crippen molar-refractivity contribution in [1.29, 1.82) is 0 Å². The van der Waals surface area contributed by atoms with Gasteiger partial charge in [0.2, 0.25) is 28.6 Å². The zero-order valence-electron chi connectivity index (χ0n) is 20.7. The summed E-state index contributed by atoms with van der Waals surface area (Å²) in [7, 11) is -3.61. The molecule has 36 heavy (non-hydrogen) atoms. The molecule has 1 N–H and O–H groups in total. The lowest BCUT2D eigenvalue weighted by Gasteiger charge is -2.31. The van der Waals surface area contributed by atoms with Gasteiger partial charge >= 0.3 is 0 Å². The number of likely N-dealkylation sites (N-methyl/N-ethyl adjacent to an activating group) is 1. The lowest BCUT2D eigenvalue weighted by molar-refractivity contribution is -0.141. The van der Waals surface area contributed by atoms with Gasteiger partial charge in [0.05, 0.1) is 11.9 Å². The first-order valence-corrected chi connectivity index (χ1v) is 14.1. The number of fused-ring (bicyclic) bond motifs is 1. The van der Waals surface area contributed by atoms with Crippen LogP contribution >= 0.6 is 11.6 Å². The van der Waals surface area contributed by atoms with Crippen molar-refractivity contribution in [3.05, 3.63) is 53.1 Å². The number of anilines is 1. The molecule has 0 saturated carbocycles. The van der Waals surface area contributed by atoms with Crippen molar-refractivity contribution in [3.8, 4) is 11.5 Å². The lowest BCUT2D eigenvalue weighted by atomic mass is 10.1. The van der Waals surface area contributed by atoms with E-state index in [4.69, 9.17) is 21.1 Å². The van der Waals surface area contributed by atoms with Crippen molar-refractivity contribution < 1.29 is 27.5 Å².